The lowest BCUT2D eigenvalue weighted by atomic mass is 10.2. The first-order chi connectivity index (χ1) is 13.0. The molecular formula is C18H18N6O3. The Labute approximate surface area is 154 Å². The summed E-state index contributed by atoms with van der Waals surface area (Å²) >= 11 is 0. The minimum absolute atomic E-state index is 0.0618. The lowest BCUT2D eigenvalue weighted by molar-refractivity contribution is -0.383. The molecule has 0 bridgehead atoms. The Morgan fingerprint density at radius 1 is 1.33 bits per heavy atom. The second-order valence-corrected chi connectivity index (χ2v) is 5.81. The predicted molar refractivity (Wildman–Crippen MR) is 103 cm³/mol. The number of imidazole rings is 1. The van der Waals surface area contributed by atoms with Crippen LogP contribution >= 0.6 is 0 Å². The van der Waals surface area contributed by atoms with Crippen molar-refractivity contribution in [1.82, 2.24) is 15.0 Å². The summed E-state index contributed by atoms with van der Waals surface area (Å²) in [4.78, 5) is 27.2. The van der Waals surface area contributed by atoms with Gasteiger partial charge in [-0.3, -0.25) is 14.9 Å². The highest BCUT2D eigenvalue weighted by Gasteiger charge is 2.13. The standard InChI is InChI=1S/C18H18N6O3/c1-12-21-15-5-3-4-6-16(15)23(12)11-18(25)22-20-10-13-7-8-14(19-2)17(9-13)24(26)27/h3-10,19H,11H2,1-2H3,(H,22,25)/b20-10+. The van der Waals surface area contributed by atoms with Crippen LogP contribution in [0.3, 0.4) is 0 Å². The maximum atomic E-state index is 12.2. The van der Waals surface area contributed by atoms with E-state index in [9.17, 15) is 14.9 Å². The lowest BCUT2D eigenvalue weighted by Crippen LogP contribution is -2.23. The van der Waals surface area contributed by atoms with Crippen LogP contribution in [0.5, 0.6) is 0 Å². The van der Waals surface area contributed by atoms with Crippen LogP contribution in [0.4, 0.5) is 11.4 Å². The number of nitrogens with one attached hydrogen (secondary N) is 2. The van der Waals surface area contributed by atoms with Crippen LogP contribution < -0.4 is 10.7 Å². The van der Waals surface area contributed by atoms with Gasteiger partial charge < -0.3 is 9.88 Å². The number of hydrogen-bond donors (Lipinski definition) is 2. The first-order valence-electron chi connectivity index (χ1n) is 8.19. The molecule has 9 nitrogen and oxygen atoms in total. The molecule has 9 heteroatoms. The van der Waals surface area contributed by atoms with E-state index in [1.807, 2.05) is 31.2 Å². The van der Waals surface area contributed by atoms with E-state index in [0.29, 0.717) is 11.3 Å². The molecule has 0 unspecified atom stereocenters. The normalized spacial score (nSPS) is 11.0. The number of hydrazone groups is 1. The van der Waals surface area contributed by atoms with Gasteiger partial charge in [0.1, 0.15) is 18.1 Å². The summed E-state index contributed by atoms with van der Waals surface area (Å²) in [6.45, 7) is 1.90. The number of hydrogen-bond acceptors (Lipinski definition) is 6. The largest absolute Gasteiger partial charge is 0.383 e. The van der Waals surface area contributed by atoms with E-state index in [0.717, 1.165) is 16.9 Å². The van der Waals surface area contributed by atoms with E-state index in [1.165, 1.54) is 12.3 Å². The summed E-state index contributed by atoms with van der Waals surface area (Å²) in [5, 5.41) is 17.7. The Hall–Kier alpha value is -3.75. The molecule has 0 aliphatic rings. The number of nitro groups is 1. The average molecular weight is 366 g/mol. The van der Waals surface area contributed by atoms with Crippen molar-refractivity contribution >= 4 is 34.5 Å². The van der Waals surface area contributed by atoms with E-state index in [-0.39, 0.29) is 18.1 Å². The van der Waals surface area contributed by atoms with E-state index >= 15 is 0 Å². The summed E-state index contributed by atoms with van der Waals surface area (Å²) in [5.41, 5.74) is 4.97. The average Bonchev–Trinajstić information content (AvgIpc) is 2.97. The van der Waals surface area contributed by atoms with Crippen molar-refractivity contribution in [1.29, 1.82) is 0 Å². The van der Waals surface area contributed by atoms with Gasteiger partial charge in [0.05, 0.1) is 22.2 Å². The molecule has 2 N–H and O–H groups in total. The first kappa shape index (κ1) is 18.1. The number of nitrogens with zero attached hydrogens (tertiary/aromatic N) is 4. The molecule has 0 saturated carbocycles. The summed E-state index contributed by atoms with van der Waals surface area (Å²) < 4.78 is 1.80. The fourth-order valence-electron chi connectivity index (χ4n) is 2.74. The number of fused-ring (bicyclic) bond motifs is 1. The molecule has 27 heavy (non-hydrogen) atoms. The topological polar surface area (TPSA) is 114 Å². The Morgan fingerprint density at radius 2 is 2.11 bits per heavy atom. The van der Waals surface area contributed by atoms with E-state index < -0.39 is 4.92 Å². The highest BCUT2D eigenvalue weighted by molar-refractivity contribution is 5.85. The predicted octanol–water partition coefficient (Wildman–Crippen LogP) is 2.44. The van der Waals surface area contributed by atoms with Gasteiger partial charge in [-0.2, -0.15) is 5.10 Å². The number of anilines is 1. The second kappa shape index (κ2) is 7.65. The van der Waals surface area contributed by atoms with Gasteiger partial charge in [-0.25, -0.2) is 10.4 Å². The molecule has 2 aromatic carbocycles. The maximum absolute atomic E-state index is 12.2. The van der Waals surface area contributed by atoms with Gasteiger partial charge in [-0.1, -0.05) is 18.2 Å². The van der Waals surface area contributed by atoms with Gasteiger partial charge in [0.15, 0.2) is 0 Å². The van der Waals surface area contributed by atoms with Crippen LogP contribution in [-0.2, 0) is 11.3 Å². The number of nitro benzene ring substituents is 1. The van der Waals surface area contributed by atoms with Gasteiger partial charge in [-0.05, 0) is 25.1 Å². The van der Waals surface area contributed by atoms with Crippen molar-refractivity contribution in [2.45, 2.75) is 13.5 Å². The number of amides is 1. The molecule has 0 atom stereocenters. The lowest BCUT2D eigenvalue weighted by Gasteiger charge is -2.05. The number of aryl methyl sites for hydroxylation is 1. The first-order valence-corrected chi connectivity index (χ1v) is 8.19. The van der Waals surface area contributed by atoms with Gasteiger partial charge in [0, 0.05) is 18.7 Å². The van der Waals surface area contributed by atoms with Crippen LogP contribution in [0, 0.1) is 17.0 Å². The number of carbonyl (C=O) groups is 1. The number of rotatable bonds is 6. The SMILES string of the molecule is CNc1ccc(/C=N/NC(=O)Cn2c(C)nc3ccccc32)cc1[N+](=O)[O-]. The molecule has 1 heterocycles. The smallest absolute Gasteiger partial charge is 0.292 e. The molecule has 138 valence electrons. The van der Waals surface area contributed by atoms with Crippen molar-refractivity contribution in [2.24, 2.45) is 5.10 Å². The summed E-state index contributed by atoms with van der Waals surface area (Å²) in [6.07, 6.45) is 1.36. The molecule has 1 aromatic heterocycles. The minimum atomic E-state index is -0.477. The zero-order chi connectivity index (χ0) is 19.4. The molecule has 0 spiro atoms. The molecule has 3 rings (SSSR count). The van der Waals surface area contributed by atoms with Gasteiger partial charge >= 0.3 is 0 Å². The van der Waals surface area contributed by atoms with Gasteiger partial charge in [0.2, 0.25) is 0 Å². The van der Waals surface area contributed by atoms with Crippen molar-refractivity contribution < 1.29 is 9.72 Å². The maximum Gasteiger partial charge on any atom is 0.292 e. The number of aromatic nitrogens is 2. The summed E-state index contributed by atoms with van der Waals surface area (Å²) in [7, 11) is 1.61. The summed E-state index contributed by atoms with van der Waals surface area (Å²) in [6, 6.07) is 12.2. The van der Waals surface area contributed by atoms with E-state index in [1.54, 1.807) is 23.7 Å². The third-order valence-corrected chi connectivity index (χ3v) is 4.04. The molecule has 0 aliphatic heterocycles. The molecule has 0 saturated heterocycles. The van der Waals surface area contributed by atoms with Crippen molar-refractivity contribution in [2.75, 3.05) is 12.4 Å². The fourth-order valence-corrected chi connectivity index (χ4v) is 2.74. The molecule has 0 aliphatic carbocycles. The third kappa shape index (κ3) is 3.92. The molecule has 3 aromatic rings. The zero-order valence-electron chi connectivity index (χ0n) is 14.8. The Kier molecular flexibility index (Phi) is 5.11. The van der Waals surface area contributed by atoms with E-state index in [2.05, 4.69) is 20.8 Å². The molecular weight excluding hydrogens is 348 g/mol. The van der Waals surface area contributed by atoms with E-state index in [4.69, 9.17) is 0 Å². The second-order valence-electron chi connectivity index (χ2n) is 5.81. The van der Waals surface area contributed by atoms with Crippen LogP contribution in [-0.4, -0.2) is 33.6 Å². The molecule has 0 fully saturated rings. The number of benzene rings is 2. The third-order valence-electron chi connectivity index (χ3n) is 4.04. The Bertz CT molecular complexity index is 1040. The van der Waals surface area contributed by atoms with Gasteiger partial charge in [0.25, 0.3) is 11.6 Å². The minimum Gasteiger partial charge on any atom is -0.383 e. The zero-order valence-corrected chi connectivity index (χ0v) is 14.8. The van der Waals surface area contributed by atoms with Crippen LogP contribution in [0.1, 0.15) is 11.4 Å². The Balaban J connectivity index is 1.69. The fraction of sp³-hybridized carbons (Fsp3) is 0.167. The van der Waals surface area contributed by atoms with Crippen LogP contribution in [0.15, 0.2) is 47.6 Å². The van der Waals surface area contributed by atoms with Crippen molar-refractivity contribution in [3.8, 4) is 0 Å². The highest BCUT2D eigenvalue weighted by Crippen LogP contribution is 2.24. The quantitative estimate of drug-likeness (QED) is 0.395. The number of carbonyl (C=O) groups excluding carboxylic acids is 1. The highest BCUT2D eigenvalue weighted by atomic mass is 16.6. The Morgan fingerprint density at radius 3 is 2.85 bits per heavy atom. The summed E-state index contributed by atoms with van der Waals surface area (Å²) in [5.74, 6) is 0.410. The molecule has 1 amide bonds. The monoisotopic (exact) mass is 366 g/mol. The van der Waals surface area contributed by atoms with Crippen molar-refractivity contribution in [3.05, 3.63) is 64.0 Å². The van der Waals surface area contributed by atoms with Gasteiger partial charge in [-0.15, -0.1) is 0 Å². The number of para-hydroxylation sites is 2. The molecule has 0 radical (unpaired) electrons. The van der Waals surface area contributed by atoms with Crippen LogP contribution in [0.2, 0.25) is 0 Å². The van der Waals surface area contributed by atoms with Crippen molar-refractivity contribution in [3.63, 3.8) is 0 Å². The van der Waals surface area contributed by atoms with Crippen LogP contribution in [0.25, 0.3) is 11.0 Å².